The van der Waals surface area contributed by atoms with Gasteiger partial charge >= 0.3 is 0 Å². The molecule has 0 aromatic heterocycles. The Morgan fingerprint density at radius 2 is 2.06 bits per heavy atom. The second kappa shape index (κ2) is 5.38. The molecule has 1 heterocycles. The van der Waals surface area contributed by atoms with E-state index in [1.165, 1.54) is 32.1 Å². The van der Waals surface area contributed by atoms with Crippen molar-refractivity contribution in [2.75, 3.05) is 6.67 Å². The molecule has 1 saturated carbocycles. The fourth-order valence-corrected chi connectivity index (χ4v) is 3.23. The summed E-state index contributed by atoms with van der Waals surface area (Å²) in [6.07, 6.45) is 9.43. The number of rotatable bonds is 5. The Morgan fingerprint density at radius 3 is 2.71 bits per heavy atom. The van der Waals surface area contributed by atoms with E-state index in [0.717, 1.165) is 25.9 Å². The van der Waals surface area contributed by atoms with Crippen LogP contribution in [0.25, 0.3) is 0 Å². The number of nitrogens with one attached hydrogen (secondary N) is 1. The Bertz CT molecular complexity index is 271. The zero-order valence-corrected chi connectivity index (χ0v) is 11.3. The van der Waals surface area contributed by atoms with E-state index in [4.69, 9.17) is 0 Å². The van der Waals surface area contributed by atoms with E-state index in [2.05, 4.69) is 24.1 Å². The number of nitrogens with zero attached hydrogens (tertiary/aromatic N) is 1. The molecule has 0 bridgehead atoms. The summed E-state index contributed by atoms with van der Waals surface area (Å²) in [6.45, 7) is 5.19. The SMILES string of the molecule is CCCCCC(C)N1CNC2(CCCC2)C1=O. The molecule has 1 amide bonds. The van der Waals surface area contributed by atoms with Gasteiger partial charge in [0, 0.05) is 6.04 Å². The summed E-state index contributed by atoms with van der Waals surface area (Å²) in [5.41, 5.74) is -0.168. The van der Waals surface area contributed by atoms with Gasteiger partial charge in [0.1, 0.15) is 0 Å². The molecule has 0 radical (unpaired) electrons. The second-order valence-electron chi connectivity index (χ2n) is 5.74. The van der Waals surface area contributed by atoms with Crippen LogP contribution in [0.1, 0.15) is 65.2 Å². The van der Waals surface area contributed by atoms with Crippen molar-refractivity contribution < 1.29 is 4.79 Å². The maximum atomic E-state index is 12.5. The molecular weight excluding hydrogens is 212 g/mol. The monoisotopic (exact) mass is 238 g/mol. The Labute approximate surface area is 105 Å². The van der Waals surface area contributed by atoms with Gasteiger partial charge in [-0.2, -0.15) is 0 Å². The van der Waals surface area contributed by atoms with Gasteiger partial charge in [-0.3, -0.25) is 10.1 Å². The molecule has 1 aliphatic heterocycles. The number of hydrogen-bond acceptors (Lipinski definition) is 2. The minimum absolute atomic E-state index is 0.168. The predicted molar refractivity (Wildman–Crippen MR) is 69.7 cm³/mol. The fourth-order valence-electron chi connectivity index (χ4n) is 3.23. The first kappa shape index (κ1) is 12.9. The van der Waals surface area contributed by atoms with Crippen LogP contribution in [-0.2, 0) is 4.79 Å². The van der Waals surface area contributed by atoms with E-state index in [1.807, 2.05) is 0 Å². The highest BCUT2D eigenvalue weighted by atomic mass is 16.2. The summed E-state index contributed by atoms with van der Waals surface area (Å²) in [5, 5.41) is 3.48. The van der Waals surface area contributed by atoms with E-state index in [-0.39, 0.29) is 5.54 Å². The third kappa shape index (κ3) is 2.49. The molecule has 98 valence electrons. The maximum Gasteiger partial charge on any atom is 0.244 e. The van der Waals surface area contributed by atoms with Crippen LogP contribution in [0.5, 0.6) is 0 Å². The van der Waals surface area contributed by atoms with Crippen LogP contribution < -0.4 is 5.32 Å². The lowest BCUT2D eigenvalue weighted by atomic mass is 9.97. The van der Waals surface area contributed by atoms with Crippen LogP contribution >= 0.6 is 0 Å². The standard InChI is InChI=1S/C14H26N2O/c1-3-4-5-8-12(2)16-11-15-14(13(16)17)9-6-7-10-14/h12,15H,3-11H2,1-2H3. The Hall–Kier alpha value is -0.570. The smallest absolute Gasteiger partial charge is 0.244 e. The number of carbonyl (C=O) groups is 1. The van der Waals surface area contributed by atoms with Gasteiger partial charge in [0.05, 0.1) is 12.2 Å². The highest BCUT2D eigenvalue weighted by molar-refractivity contribution is 5.88. The molecule has 1 saturated heterocycles. The predicted octanol–water partition coefficient (Wildman–Crippen LogP) is 2.66. The van der Waals surface area contributed by atoms with Gasteiger partial charge in [-0.15, -0.1) is 0 Å². The quantitative estimate of drug-likeness (QED) is 0.747. The average molecular weight is 238 g/mol. The molecule has 0 aromatic rings. The van der Waals surface area contributed by atoms with Crippen molar-refractivity contribution in [3.63, 3.8) is 0 Å². The summed E-state index contributed by atoms with van der Waals surface area (Å²) in [7, 11) is 0. The van der Waals surface area contributed by atoms with Crippen LogP contribution in [0.15, 0.2) is 0 Å². The lowest BCUT2D eigenvalue weighted by Gasteiger charge is -2.26. The number of carbonyl (C=O) groups excluding carboxylic acids is 1. The van der Waals surface area contributed by atoms with E-state index in [9.17, 15) is 4.79 Å². The Morgan fingerprint density at radius 1 is 1.35 bits per heavy atom. The minimum atomic E-state index is -0.168. The number of hydrogen-bond donors (Lipinski definition) is 1. The molecular formula is C14H26N2O. The summed E-state index contributed by atoms with van der Waals surface area (Å²) in [5.74, 6) is 0.374. The molecule has 1 aliphatic carbocycles. The number of amides is 1. The van der Waals surface area contributed by atoms with Crippen molar-refractivity contribution >= 4 is 5.91 Å². The molecule has 1 atom stereocenters. The average Bonchev–Trinajstić information content (AvgIpc) is 2.90. The van der Waals surface area contributed by atoms with E-state index in [0.29, 0.717) is 11.9 Å². The van der Waals surface area contributed by atoms with Crippen molar-refractivity contribution in [1.29, 1.82) is 0 Å². The number of unbranched alkanes of at least 4 members (excludes halogenated alkanes) is 2. The fraction of sp³-hybridized carbons (Fsp3) is 0.929. The first-order valence-electron chi connectivity index (χ1n) is 7.26. The van der Waals surface area contributed by atoms with E-state index in [1.54, 1.807) is 0 Å². The molecule has 2 aliphatic rings. The molecule has 2 fully saturated rings. The molecule has 1 unspecified atom stereocenters. The maximum absolute atomic E-state index is 12.5. The lowest BCUT2D eigenvalue weighted by Crippen LogP contribution is -2.45. The highest BCUT2D eigenvalue weighted by Gasteiger charge is 2.48. The normalized spacial score (nSPS) is 24.8. The van der Waals surface area contributed by atoms with Crippen molar-refractivity contribution in [3.05, 3.63) is 0 Å². The molecule has 0 aromatic carbocycles. The van der Waals surface area contributed by atoms with Crippen molar-refractivity contribution in [3.8, 4) is 0 Å². The van der Waals surface area contributed by atoms with Crippen LogP contribution in [0.4, 0.5) is 0 Å². The van der Waals surface area contributed by atoms with E-state index < -0.39 is 0 Å². The van der Waals surface area contributed by atoms with Gasteiger partial charge < -0.3 is 4.90 Å². The van der Waals surface area contributed by atoms with Crippen molar-refractivity contribution in [2.24, 2.45) is 0 Å². The largest absolute Gasteiger partial charge is 0.326 e. The van der Waals surface area contributed by atoms with Crippen LogP contribution in [0, 0.1) is 0 Å². The molecule has 3 heteroatoms. The minimum Gasteiger partial charge on any atom is -0.326 e. The van der Waals surface area contributed by atoms with Crippen LogP contribution in [0.3, 0.4) is 0 Å². The zero-order chi connectivity index (χ0) is 12.3. The Balaban J connectivity index is 1.88. The zero-order valence-electron chi connectivity index (χ0n) is 11.3. The van der Waals surface area contributed by atoms with Crippen molar-refractivity contribution in [2.45, 2.75) is 76.8 Å². The third-order valence-corrected chi connectivity index (χ3v) is 4.47. The second-order valence-corrected chi connectivity index (χ2v) is 5.74. The highest BCUT2D eigenvalue weighted by Crippen LogP contribution is 2.35. The summed E-state index contributed by atoms with van der Waals surface area (Å²) in [6, 6.07) is 0.404. The van der Waals surface area contributed by atoms with Gasteiger partial charge in [-0.1, -0.05) is 39.0 Å². The lowest BCUT2D eigenvalue weighted by molar-refractivity contribution is -0.134. The molecule has 1 spiro atoms. The summed E-state index contributed by atoms with van der Waals surface area (Å²) < 4.78 is 0. The molecule has 1 N–H and O–H groups in total. The summed E-state index contributed by atoms with van der Waals surface area (Å²) in [4.78, 5) is 14.5. The first-order chi connectivity index (χ1) is 8.19. The van der Waals surface area contributed by atoms with Gasteiger partial charge in [-0.05, 0) is 26.2 Å². The van der Waals surface area contributed by atoms with Gasteiger partial charge in [0.2, 0.25) is 5.91 Å². The molecule has 2 rings (SSSR count). The molecule has 3 nitrogen and oxygen atoms in total. The van der Waals surface area contributed by atoms with Crippen molar-refractivity contribution in [1.82, 2.24) is 10.2 Å². The van der Waals surface area contributed by atoms with Gasteiger partial charge in [0.25, 0.3) is 0 Å². The van der Waals surface area contributed by atoms with Gasteiger partial charge in [-0.25, -0.2) is 0 Å². The van der Waals surface area contributed by atoms with Crippen LogP contribution in [0.2, 0.25) is 0 Å². The topological polar surface area (TPSA) is 32.3 Å². The first-order valence-corrected chi connectivity index (χ1v) is 7.26. The van der Waals surface area contributed by atoms with Gasteiger partial charge in [0.15, 0.2) is 0 Å². The Kier molecular flexibility index (Phi) is 4.08. The van der Waals surface area contributed by atoms with E-state index >= 15 is 0 Å². The third-order valence-electron chi connectivity index (χ3n) is 4.47. The summed E-state index contributed by atoms with van der Waals surface area (Å²) >= 11 is 0. The van der Waals surface area contributed by atoms with Crippen LogP contribution in [-0.4, -0.2) is 29.1 Å². The molecule has 17 heavy (non-hydrogen) atoms.